The van der Waals surface area contributed by atoms with E-state index in [1.807, 2.05) is 17.0 Å². The van der Waals surface area contributed by atoms with Crippen molar-refractivity contribution in [3.63, 3.8) is 0 Å². The number of hydrogen-bond donors (Lipinski definition) is 0. The van der Waals surface area contributed by atoms with Gasteiger partial charge in [0.1, 0.15) is 0 Å². The number of likely N-dealkylation sites (tertiary alicyclic amines) is 1. The van der Waals surface area contributed by atoms with Crippen molar-refractivity contribution < 1.29 is 14.3 Å². The summed E-state index contributed by atoms with van der Waals surface area (Å²) in [6.07, 6.45) is 3.22. The summed E-state index contributed by atoms with van der Waals surface area (Å²) in [5.74, 6) is 0.427. The van der Waals surface area contributed by atoms with Crippen LogP contribution in [0, 0.1) is 0 Å². The number of carbonyl (C=O) groups is 2. The first-order chi connectivity index (χ1) is 10.5. The number of ether oxygens (including phenoxy) is 1. The van der Waals surface area contributed by atoms with E-state index in [0.29, 0.717) is 17.0 Å². The fourth-order valence-corrected chi connectivity index (χ4v) is 3.43. The first kappa shape index (κ1) is 14.9. The Hall–Kier alpha value is -2.04. The Morgan fingerprint density at radius 3 is 2.59 bits per heavy atom. The third-order valence-corrected chi connectivity index (χ3v) is 4.73. The van der Waals surface area contributed by atoms with Crippen LogP contribution in [0.4, 0.5) is 5.69 Å². The van der Waals surface area contributed by atoms with Gasteiger partial charge in [0.15, 0.2) is 12.4 Å². The topological polar surface area (TPSA) is 49.9 Å². The second-order valence-electron chi connectivity index (χ2n) is 6.24. The predicted molar refractivity (Wildman–Crippen MR) is 84.3 cm³/mol. The zero-order chi connectivity index (χ0) is 15.9. The van der Waals surface area contributed by atoms with Crippen molar-refractivity contribution >= 4 is 17.5 Å². The Balaban J connectivity index is 1.98. The number of piperidine rings is 1. The molecule has 1 fully saturated rings. The maximum atomic E-state index is 13.0. The van der Waals surface area contributed by atoms with Crippen molar-refractivity contribution in [2.75, 3.05) is 18.6 Å². The molecule has 2 aliphatic rings. The van der Waals surface area contributed by atoms with Gasteiger partial charge in [-0.2, -0.15) is 0 Å². The molecule has 3 rings (SSSR count). The number of rotatable bonds is 1. The summed E-state index contributed by atoms with van der Waals surface area (Å²) in [6, 6.07) is 5.87. The molecule has 0 spiro atoms. The standard InChI is InChI=1S/C17H22N2O3/c1-11-6-4-7-12(2)19(11)17(21)13-8-5-9-14-16(13)22-10-15(20)18(14)3/h5,8-9,11-12H,4,6-7,10H2,1-3H3. The Morgan fingerprint density at radius 2 is 1.91 bits per heavy atom. The monoisotopic (exact) mass is 302 g/mol. The largest absolute Gasteiger partial charge is 0.481 e. The van der Waals surface area contributed by atoms with E-state index >= 15 is 0 Å². The molecule has 5 heteroatoms. The lowest BCUT2D eigenvalue weighted by molar-refractivity contribution is -0.121. The van der Waals surface area contributed by atoms with Gasteiger partial charge in [-0.3, -0.25) is 9.59 Å². The van der Waals surface area contributed by atoms with Gasteiger partial charge in [0.2, 0.25) is 0 Å². The Morgan fingerprint density at radius 1 is 1.23 bits per heavy atom. The Kier molecular flexibility index (Phi) is 3.81. The van der Waals surface area contributed by atoms with Crippen LogP contribution in [0.1, 0.15) is 43.5 Å². The SMILES string of the molecule is CC1CCCC(C)N1C(=O)c1cccc2c1OCC(=O)N2C. The van der Waals surface area contributed by atoms with Crippen LogP contribution in [0.25, 0.3) is 0 Å². The third kappa shape index (κ3) is 2.34. The van der Waals surface area contributed by atoms with E-state index in [-0.39, 0.29) is 30.5 Å². The first-order valence-electron chi connectivity index (χ1n) is 7.85. The Labute approximate surface area is 130 Å². The molecule has 118 valence electrons. The maximum Gasteiger partial charge on any atom is 0.264 e. The molecule has 2 amide bonds. The zero-order valence-corrected chi connectivity index (χ0v) is 13.3. The molecule has 0 N–H and O–H groups in total. The molecule has 1 aromatic carbocycles. The molecule has 2 atom stereocenters. The van der Waals surface area contributed by atoms with Crippen molar-refractivity contribution in [1.82, 2.24) is 4.90 Å². The van der Waals surface area contributed by atoms with Crippen LogP contribution >= 0.6 is 0 Å². The molecule has 1 saturated heterocycles. The highest BCUT2D eigenvalue weighted by Gasteiger charge is 2.33. The summed E-state index contributed by atoms with van der Waals surface area (Å²) in [5.41, 5.74) is 1.22. The highest BCUT2D eigenvalue weighted by atomic mass is 16.5. The van der Waals surface area contributed by atoms with Crippen LogP contribution < -0.4 is 9.64 Å². The number of likely N-dealkylation sites (N-methyl/N-ethyl adjacent to an activating group) is 1. The van der Waals surface area contributed by atoms with Crippen molar-refractivity contribution in [3.05, 3.63) is 23.8 Å². The summed E-state index contributed by atoms with van der Waals surface area (Å²) in [7, 11) is 1.71. The van der Waals surface area contributed by atoms with E-state index in [2.05, 4.69) is 13.8 Å². The molecule has 2 heterocycles. The van der Waals surface area contributed by atoms with E-state index in [4.69, 9.17) is 4.74 Å². The summed E-state index contributed by atoms with van der Waals surface area (Å²) in [5, 5.41) is 0. The minimum Gasteiger partial charge on any atom is -0.481 e. The van der Waals surface area contributed by atoms with E-state index in [1.165, 1.54) is 0 Å². The summed E-state index contributed by atoms with van der Waals surface area (Å²) in [4.78, 5) is 28.3. The predicted octanol–water partition coefficient (Wildman–Crippen LogP) is 2.44. The van der Waals surface area contributed by atoms with Crippen molar-refractivity contribution in [3.8, 4) is 5.75 Å². The van der Waals surface area contributed by atoms with Gasteiger partial charge in [-0.15, -0.1) is 0 Å². The van der Waals surface area contributed by atoms with Gasteiger partial charge in [-0.1, -0.05) is 6.07 Å². The zero-order valence-electron chi connectivity index (χ0n) is 13.3. The quantitative estimate of drug-likeness (QED) is 0.800. The van der Waals surface area contributed by atoms with E-state index < -0.39 is 0 Å². The molecule has 0 aromatic heterocycles. The highest BCUT2D eigenvalue weighted by Crippen LogP contribution is 2.36. The normalized spacial score (nSPS) is 24.8. The molecule has 0 aliphatic carbocycles. The Bertz CT molecular complexity index is 604. The number of amides is 2. The second-order valence-corrected chi connectivity index (χ2v) is 6.24. The number of nitrogens with zero attached hydrogens (tertiary/aromatic N) is 2. The highest BCUT2D eigenvalue weighted by molar-refractivity contribution is 6.04. The second kappa shape index (κ2) is 5.63. The van der Waals surface area contributed by atoms with Crippen molar-refractivity contribution in [2.24, 2.45) is 0 Å². The van der Waals surface area contributed by atoms with Crippen LogP contribution in [-0.2, 0) is 4.79 Å². The molecule has 1 aromatic rings. The van der Waals surface area contributed by atoms with E-state index in [0.717, 1.165) is 19.3 Å². The first-order valence-corrected chi connectivity index (χ1v) is 7.85. The van der Waals surface area contributed by atoms with Crippen LogP contribution in [0.2, 0.25) is 0 Å². The average molecular weight is 302 g/mol. The van der Waals surface area contributed by atoms with Gasteiger partial charge >= 0.3 is 0 Å². The number of hydrogen-bond acceptors (Lipinski definition) is 3. The molecule has 0 saturated carbocycles. The van der Waals surface area contributed by atoms with Gasteiger partial charge < -0.3 is 14.5 Å². The number of anilines is 1. The maximum absolute atomic E-state index is 13.0. The lowest BCUT2D eigenvalue weighted by Crippen LogP contribution is -2.47. The average Bonchev–Trinajstić information content (AvgIpc) is 2.50. The molecule has 5 nitrogen and oxygen atoms in total. The van der Waals surface area contributed by atoms with Crippen LogP contribution in [0.5, 0.6) is 5.75 Å². The lowest BCUT2D eigenvalue weighted by atomic mass is 9.96. The number of carbonyl (C=O) groups excluding carboxylic acids is 2. The summed E-state index contributed by atoms with van der Waals surface area (Å²) >= 11 is 0. The number of benzene rings is 1. The van der Waals surface area contributed by atoms with E-state index in [1.54, 1.807) is 18.0 Å². The molecular formula is C17H22N2O3. The summed E-state index contributed by atoms with van der Waals surface area (Å²) < 4.78 is 5.58. The molecule has 2 unspecified atom stereocenters. The van der Waals surface area contributed by atoms with Crippen molar-refractivity contribution in [2.45, 2.75) is 45.2 Å². The molecular weight excluding hydrogens is 280 g/mol. The number of fused-ring (bicyclic) bond motifs is 1. The molecule has 0 radical (unpaired) electrons. The number of para-hydroxylation sites is 1. The summed E-state index contributed by atoms with van der Waals surface area (Å²) in [6.45, 7) is 4.18. The van der Waals surface area contributed by atoms with Crippen LogP contribution in [0.15, 0.2) is 18.2 Å². The van der Waals surface area contributed by atoms with Crippen molar-refractivity contribution in [1.29, 1.82) is 0 Å². The van der Waals surface area contributed by atoms with Gasteiger partial charge in [-0.25, -0.2) is 0 Å². The minimum absolute atomic E-state index is 0.000649. The van der Waals surface area contributed by atoms with Crippen LogP contribution in [0.3, 0.4) is 0 Å². The third-order valence-electron chi connectivity index (χ3n) is 4.73. The van der Waals surface area contributed by atoms with Crippen LogP contribution in [-0.4, -0.2) is 42.5 Å². The molecule has 2 aliphatic heterocycles. The lowest BCUT2D eigenvalue weighted by Gasteiger charge is -2.39. The molecule has 0 bridgehead atoms. The fraction of sp³-hybridized carbons (Fsp3) is 0.529. The van der Waals surface area contributed by atoms with Gasteiger partial charge in [0.05, 0.1) is 11.3 Å². The van der Waals surface area contributed by atoms with Gasteiger partial charge in [0.25, 0.3) is 11.8 Å². The fourth-order valence-electron chi connectivity index (χ4n) is 3.43. The smallest absolute Gasteiger partial charge is 0.264 e. The van der Waals surface area contributed by atoms with E-state index in [9.17, 15) is 9.59 Å². The molecule has 22 heavy (non-hydrogen) atoms. The van der Waals surface area contributed by atoms with Gasteiger partial charge in [0, 0.05) is 19.1 Å². The minimum atomic E-state index is -0.100. The van der Waals surface area contributed by atoms with Gasteiger partial charge in [-0.05, 0) is 45.2 Å².